The fourth-order valence-corrected chi connectivity index (χ4v) is 2.04. The maximum absolute atomic E-state index is 13.6. The van der Waals surface area contributed by atoms with E-state index in [9.17, 15) is 9.18 Å². The number of aromatic nitrogens is 1. The molecule has 100 valence electrons. The van der Waals surface area contributed by atoms with Crippen molar-refractivity contribution in [3.63, 3.8) is 0 Å². The Morgan fingerprint density at radius 1 is 1.20 bits per heavy atom. The van der Waals surface area contributed by atoms with E-state index in [2.05, 4.69) is 4.98 Å². The van der Waals surface area contributed by atoms with Crippen molar-refractivity contribution in [3.05, 3.63) is 65.3 Å². The molecule has 1 aromatic heterocycles. The molecular weight excluding hydrogens is 261 g/mol. The normalized spacial score (nSPS) is 10.8. The second-order valence-electron chi connectivity index (χ2n) is 4.33. The van der Waals surface area contributed by atoms with Crippen molar-refractivity contribution in [3.8, 4) is 0 Å². The smallest absolute Gasteiger partial charge is 0.339 e. The lowest BCUT2D eigenvalue weighted by molar-refractivity contribution is 0.0698. The van der Waals surface area contributed by atoms with Crippen LogP contribution in [0.3, 0.4) is 0 Å². The largest absolute Gasteiger partial charge is 0.478 e. The van der Waals surface area contributed by atoms with Gasteiger partial charge in [0.2, 0.25) is 0 Å². The number of hydrogen-bond acceptors (Lipinski definition) is 3. The Morgan fingerprint density at radius 2 is 2.00 bits per heavy atom. The van der Waals surface area contributed by atoms with Gasteiger partial charge in [-0.1, -0.05) is 24.3 Å². The molecule has 0 aliphatic heterocycles. The fourth-order valence-electron chi connectivity index (χ4n) is 2.04. The number of para-hydroxylation sites is 1. The van der Waals surface area contributed by atoms with Crippen molar-refractivity contribution in [2.45, 2.75) is 6.42 Å². The van der Waals surface area contributed by atoms with Crippen molar-refractivity contribution in [1.29, 1.82) is 0 Å². The maximum atomic E-state index is 13.6. The SMILES string of the molecule is O=C(O)c1cccc2nc(Cc3ccccc3F)oc12. The summed E-state index contributed by atoms with van der Waals surface area (Å²) in [4.78, 5) is 15.3. The molecule has 0 bridgehead atoms. The summed E-state index contributed by atoms with van der Waals surface area (Å²) in [6, 6.07) is 11.0. The van der Waals surface area contributed by atoms with Crippen LogP contribution in [-0.2, 0) is 6.42 Å². The molecule has 0 unspecified atom stereocenters. The topological polar surface area (TPSA) is 63.3 Å². The summed E-state index contributed by atoms with van der Waals surface area (Å²) in [6.45, 7) is 0. The summed E-state index contributed by atoms with van der Waals surface area (Å²) < 4.78 is 19.0. The molecule has 3 aromatic rings. The summed E-state index contributed by atoms with van der Waals surface area (Å²) in [5.74, 6) is -1.13. The van der Waals surface area contributed by atoms with E-state index in [1.807, 2.05) is 0 Å². The molecule has 0 amide bonds. The molecule has 3 rings (SSSR count). The van der Waals surface area contributed by atoms with Gasteiger partial charge in [0.25, 0.3) is 0 Å². The van der Waals surface area contributed by atoms with Crippen molar-refractivity contribution >= 4 is 17.1 Å². The predicted octanol–water partition coefficient (Wildman–Crippen LogP) is 3.26. The number of halogens is 1. The van der Waals surface area contributed by atoms with E-state index >= 15 is 0 Å². The van der Waals surface area contributed by atoms with Crippen LogP contribution in [0, 0.1) is 5.82 Å². The van der Waals surface area contributed by atoms with Gasteiger partial charge >= 0.3 is 5.97 Å². The Bertz CT molecular complexity index is 795. The Balaban J connectivity index is 2.04. The highest BCUT2D eigenvalue weighted by Gasteiger charge is 2.15. The van der Waals surface area contributed by atoms with Crippen LogP contribution in [0.15, 0.2) is 46.9 Å². The molecular formula is C15H10FNO3. The molecule has 0 spiro atoms. The average Bonchev–Trinajstić information content (AvgIpc) is 2.83. The van der Waals surface area contributed by atoms with Gasteiger partial charge in [-0.2, -0.15) is 0 Å². The molecule has 0 fully saturated rings. The first-order valence-electron chi connectivity index (χ1n) is 6.00. The number of rotatable bonds is 3. The lowest BCUT2D eigenvalue weighted by atomic mass is 10.1. The van der Waals surface area contributed by atoms with Gasteiger partial charge in [0, 0.05) is 0 Å². The van der Waals surface area contributed by atoms with Crippen LogP contribution in [-0.4, -0.2) is 16.1 Å². The molecule has 0 saturated heterocycles. The number of carbonyl (C=O) groups is 1. The van der Waals surface area contributed by atoms with Crippen LogP contribution in [0.4, 0.5) is 4.39 Å². The van der Waals surface area contributed by atoms with Crippen LogP contribution in [0.25, 0.3) is 11.1 Å². The Morgan fingerprint density at radius 3 is 2.75 bits per heavy atom. The van der Waals surface area contributed by atoms with E-state index in [1.54, 1.807) is 30.3 Å². The third-order valence-corrected chi connectivity index (χ3v) is 2.99. The second kappa shape index (κ2) is 4.77. The molecule has 5 heteroatoms. The summed E-state index contributed by atoms with van der Waals surface area (Å²) in [5, 5.41) is 9.08. The van der Waals surface area contributed by atoms with Crippen molar-refractivity contribution in [2.24, 2.45) is 0 Å². The number of hydrogen-bond donors (Lipinski definition) is 1. The monoisotopic (exact) mass is 271 g/mol. The number of nitrogens with zero attached hydrogens (tertiary/aromatic N) is 1. The van der Waals surface area contributed by atoms with Crippen molar-refractivity contribution < 1.29 is 18.7 Å². The number of aromatic carboxylic acids is 1. The van der Waals surface area contributed by atoms with Gasteiger partial charge in [0.05, 0.1) is 6.42 Å². The summed E-state index contributed by atoms with van der Waals surface area (Å²) in [5.41, 5.74) is 1.17. The zero-order valence-electron chi connectivity index (χ0n) is 10.3. The van der Waals surface area contributed by atoms with Gasteiger partial charge in [-0.15, -0.1) is 0 Å². The summed E-state index contributed by atoms with van der Waals surface area (Å²) in [6.07, 6.45) is 0.181. The number of benzene rings is 2. The lowest BCUT2D eigenvalue weighted by Crippen LogP contribution is -1.95. The first-order chi connectivity index (χ1) is 9.65. The van der Waals surface area contributed by atoms with Gasteiger partial charge in [-0.05, 0) is 23.8 Å². The first kappa shape index (κ1) is 12.3. The van der Waals surface area contributed by atoms with Crippen LogP contribution >= 0.6 is 0 Å². The minimum Gasteiger partial charge on any atom is -0.478 e. The van der Waals surface area contributed by atoms with Crippen LogP contribution in [0.2, 0.25) is 0 Å². The highest BCUT2D eigenvalue weighted by molar-refractivity contribution is 5.99. The van der Waals surface area contributed by atoms with Crippen LogP contribution in [0.5, 0.6) is 0 Å². The zero-order valence-corrected chi connectivity index (χ0v) is 10.3. The molecule has 0 radical (unpaired) electrons. The number of fused-ring (bicyclic) bond motifs is 1. The molecule has 1 heterocycles. The van der Waals surface area contributed by atoms with Crippen molar-refractivity contribution in [1.82, 2.24) is 4.98 Å². The Hall–Kier alpha value is -2.69. The molecule has 0 saturated carbocycles. The molecule has 4 nitrogen and oxygen atoms in total. The lowest BCUT2D eigenvalue weighted by Gasteiger charge is -1.98. The standard InChI is InChI=1S/C15H10FNO3/c16-11-6-2-1-4-9(11)8-13-17-12-7-3-5-10(15(18)19)14(12)20-13/h1-7H,8H2,(H,18,19). The molecule has 1 N–H and O–H groups in total. The minimum atomic E-state index is -1.08. The van der Waals surface area contributed by atoms with E-state index < -0.39 is 5.97 Å². The van der Waals surface area contributed by atoms with Gasteiger partial charge < -0.3 is 9.52 Å². The predicted molar refractivity (Wildman–Crippen MR) is 70.2 cm³/mol. The van der Waals surface area contributed by atoms with Gasteiger partial charge in [-0.3, -0.25) is 0 Å². The van der Waals surface area contributed by atoms with E-state index in [4.69, 9.17) is 9.52 Å². The zero-order chi connectivity index (χ0) is 14.1. The van der Waals surface area contributed by atoms with E-state index in [1.165, 1.54) is 12.1 Å². The molecule has 20 heavy (non-hydrogen) atoms. The quantitative estimate of drug-likeness (QED) is 0.794. The summed E-state index contributed by atoms with van der Waals surface area (Å²) >= 11 is 0. The van der Waals surface area contributed by atoms with Gasteiger partial charge in [0.1, 0.15) is 16.9 Å². The van der Waals surface area contributed by atoms with E-state index in [0.29, 0.717) is 17.0 Å². The van der Waals surface area contributed by atoms with E-state index in [0.717, 1.165) is 0 Å². The highest BCUT2D eigenvalue weighted by Crippen LogP contribution is 2.22. The molecule has 0 atom stereocenters. The van der Waals surface area contributed by atoms with Crippen molar-refractivity contribution in [2.75, 3.05) is 0 Å². The maximum Gasteiger partial charge on any atom is 0.339 e. The first-order valence-corrected chi connectivity index (χ1v) is 6.00. The third-order valence-electron chi connectivity index (χ3n) is 2.99. The molecule has 0 aliphatic rings. The van der Waals surface area contributed by atoms with Crippen LogP contribution in [0.1, 0.15) is 21.8 Å². The number of carboxylic acid groups (broad SMARTS) is 1. The highest BCUT2D eigenvalue weighted by atomic mass is 19.1. The van der Waals surface area contributed by atoms with Gasteiger partial charge in [0.15, 0.2) is 11.5 Å². The van der Waals surface area contributed by atoms with Crippen LogP contribution < -0.4 is 0 Å². The number of carboxylic acids is 1. The Kier molecular flexibility index (Phi) is 2.95. The number of oxazole rings is 1. The molecule has 0 aliphatic carbocycles. The minimum absolute atomic E-state index is 0.0507. The average molecular weight is 271 g/mol. The Labute approximate surface area is 113 Å². The van der Waals surface area contributed by atoms with Gasteiger partial charge in [-0.25, -0.2) is 14.2 Å². The third kappa shape index (κ3) is 2.14. The fraction of sp³-hybridized carbons (Fsp3) is 0.0667. The summed E-state index contributed by atoms with van der Waals surface area (Å²) in [7, 11) is 0. The second-order valence-corrected chi connectivity index (χ2v) is 4.33. The van der Waals surface area contributed by atoms with E-state index in [-0.39, 0.29) is 23.4 Å². The molecule has 2 aromatic carbocycles.